The highest BCUT2D eigenvalue weighted by molar-refractivity contribution is 6.31. The highest BCUT2D eigenvalue weighted by atomic mass is 35.5. The number of nitrogens with zero attached hydrogens (tertiary/aromatic N) is 3. The maximum Gasteiger partial charge on any atom is 0.123 e. The summed E-state index contributed by atoms with van der Waals surface area (Å²) in [7, 11) is 2.07. The molecule has 1 aliphatic rings. The molecule has 0 saturated carbocycles. The number of halogens is 1. The Morgan fingerprint density at radius 2 is 2.32 bits per heavy atom. The van der Waals surface area contributed by atoms with Gasteiger partial charge in [0.25, 0.3) is 0 Å². The van der Waals surface area contributed by atoms with Crippen LogP contribution in [0.5, 0.6) is 0 Å². The Morgan fingerprint density at radius 3 is 3.11 bits per heavy atom. The normalized spacial score (nSPS) is 21.1. The molecule has 0 aliphatic carbocycles. The molecule has 1 aromatic heterocycles. The average Bonchev–Trinajstić information content (AvgIpc) is 2.66. The summed E-state index contributed by atoms with van der Waals surface area (Å²) in [6, 6.07) is 6.44. The van der Waals surface area contributed by atoms with Crippen LogP contribution in [-0.4, -0.2) is 40.1 Å². The van der Waals surface area contributed by atoms with Crippen LogP contribution in [0, 0.1) is 0 Å². The topological polar surface area (TPSA) is 33.1 Å². The van der Waals surface area contributed by atoms with E-state index < -0.39 is 0 Å². The van der Waals surface area contributed by atoms with Gasteiger partial charge < -0.3 is 9.88 Å². The van der Waals surface area contributed by atoms with E-state index in [1.165, 1.54) is 0 Å². The van der Waals surface area contributed by atoms with E-state index in [2.05, 4.69) is 28.8 Å². The van der Waals surface area contributed by atoms with Gasteiger partial charge in [0.2, 0.25) is 0 Å². The average molecular weight is 279 g/mol. The van der Waals surface area contributed by atoms with E-state index in [0.29, 0.717) is 6.04 Å². The van der Waals surface area contributed by atoms with E-state index in [9.17, 15) is 0 Å². The SMILES string of the molecule is CC1CN(Cc2nc3cc(Cl)ccc3n2C)CCN1. The smallest absolute Gasteiger partial charge is 0.123 e. The maximum absolute atomic E-state index is 6.02. The molecule has 5 heteroatoms. The van der Waals surface area contributed by atoms with Gasteiger partial charge in [0.1, 0.15) is 5.82 Å². The molecule has 1 fully saturated rings. The van der Waals surface area contributed by atoms with E-state index in [0.717, 1.165) is 48.1 Å². The second kappa shape index (κ2) is 5.12. The molecule has 1 N–H and O–H groups in total. The second-order valence-electron chi connectivity index (χ2n) is 5.31. The summed E-state index contributed by atoms with van der Waals surface area (Å²) < 4.78 is 2.17. The summed E-state index contributed by atoms with van der Waals surface area (Å²) in [5, 5.41) is 4.20. The highest BCUT2D eigenvalue weighted by Gasteiger charge is 2.18. The molecule has 102 valence electrons. The van der Waals surface area contributed by atoms with Gasteiger partial charge in [-0.05, 0) is 25.1 Å². The van der Waals surface area contributed by atoms with Gasteiger partial charge in [-0.1, -0.05) is 11.6 Å². The fourth-order valence-electron chi connectivity index (χ4n) is 2.72. The summed E-state index contributed by atoms with van der Waals surface area (Å²) in [6.45, 7) is 6.32. The van der Waals surface area contributed by atoms with Crippen LogP contribution in [0.3, 0.4) is 0 Å². The number of aromatic nitrogens is 2. The second-order valence-corrected chi connectivity index (χ2v) is 5.75. The van der Waals surface area contributed by atoms with Crippen molar-refractivity contribution < 1.29 is 0 Å². The first kappa shape index (κ1) is 12.9. The molecule has 4 nitrogen and oxygen atoms in total. The van der Waals surface area contributed by atoms with Crippen molar-refractivity contribution in [3.8, 4) is 0 Å². The van der Waals surface area contributed by atoms with Gasteiger partial charge >= 0.3 is 0 Å². The Morgan fingerprint density at radius 1 is 1.47 bits per heavy atom. The maximum atomic E-state index is 6.02. The number of hydrogen-bond acceptors (Lipinski definition) is 3. The molecule has 0 spiro atoms. The molecule has 0 radical (unpaired) electrons. The summed E-state index contributed by atoms with van der Waals surface area (Å²) >= 11 is 6.02. The minimum atomic E-state index is 0.554. The first-order chi connectivity index (χ1) is 9.13. The van der Waals surface area contributed by atoms with Crippen LogP contribution in [0.15, 0.2) is 18.2 Å². The van der Waals surface area contributed by atoms with Gasteiger partial charge in [0, 0.05) is 37.7 Å². The molecule has 0 bridgehead atoms. The zero-order chi connectivity index (χ0) is 13.4. The lowest BCUT2D eigenvalue weighted by molar-refractivity contribution is 0.194. The molecule has 19 heavy (non-hydrogen) atoms. The van der Waals surface area contributed by atoms with Crippen LogP contribution < -0.4 is 5.32 Å². The van der Waals surface area contributed by atoms with Crippen molar-refractivity contribution in [2.45, 2.75) is 19.5 Å². The molecule has 1 atom stereocenters. The van der Waals surface area contributed by atoms with Crippen molar-refractivity contribution in [2.75, 3.05) is 19.6 Å². The predicted octanol–water partition coefficient (Wildman–Crippen LogP) is 2.02. The lowest BCUT2D eigenvalue weighted by Gasteiger charge is -2.31. The van der Waals surface area contributed by atoms with Crippen LogP contribution >= 0.6 is 11.6 Å². The summed E-state index contributed by atoms with van der Waals surface area (Å²) in [6.07, 6.45) is 0. The van der Waals surface area contributed by atoms with Gasteiger partial charge in [0.05, 0.1) is 17.6 Å². The Hall–Kier alpha value is -1.10. The molecule has 1 aromatic carbocycles. The number of piperazine rings is 1. The number of benzene rings is 1. The highest BCUT2D eigenvalue weighted by Crippen LogP contribution is 2.20. The number of fused-ring (bicyclic) bond motifs is 1. The van der Waals surface area contributed by atoms with Gasteiger partial charge in [-0.2, -0.15) is 0 Å². The third kappa shape index (κ3) is 2.61. The molecule has 0 amide bonds. The Balaban J connectivity index is 1.86. The number of nitrogens with one attached hydrogen (secondary N) is 1. The van der Waals surface area contributed by atoms with Crippen molar-refractivity contribution >= 4 is 22.6 Å². The van der Waals surface area contributed by atoms with E-state index in [-0.39, 0.29) is 0 Å². The molecule has 1 unspecified atom stereocenters. The predicted molar refractivity (Wildman–Crippen MR) is 78.5 cm³/mol. The molecule has 3 rings (SSSR count). The lowest BCUT2D eigenvalue weighted by Crippen LogP contribution is -2.48. The van der Waals surface area contributed by atoms with Crippen molar-refractivity contribution in [3.63, 3.8) is 0 Å². The van der Waals surface area contributed by atoms with Gasteiger partial charge in [-0.25, -0.2) is 4.98 Å². The fourth-order valence-corrected chi connectivity index (χ4v) is 2.89. The zero-order valence-corrected chi connectivity index (χ0v) is 12.1. The minimum absolute atomic E-state index is 0.554. The van der Waals surface area contributed by atoms with Crippen LogP contribution in [-0.2, 0) is 13.6 Å². The largest absolute Gasteiger partial charge is 0.330 e. The number of aryl methyl sites for hydroxylation is 1. The van der Waals surface area contributed by atoms with Crippen molar-refractivity contribution in [1.82, 2.24) is 19.8 Å². The fraction of sp³-hybridized carbons (Fsp3) is 0.500. The molecular formula is C14H19ClN4. The van der Waals surface area contributed by atoms with Crippen LogP contribution in [0.25, 0.3) is 11.0 Å². The number of rotatable bonds is 2. The van der Waals surface area contributed by atoms with Gasteiger partial charge in [0.15, 0.2) is 0 Å². The third-order valence-corrected chi connectivity index (χ3v) is 3.99. The minimum Gasteiger partial charge on any atom is -0.330 e. The zero-order valence-electron chi connectivity index (χ0n) is 11.4. The molecule has 1 aliphatic heterocycles. The monoisotopic (exact) mass is 278 g/mol. The molecule has 2 aromatic rings. The lowest BCUT2D eigenvalue weighted by atomic mass is 10.2. The Kier molecular flexibility index (Phi) is 3.48. The molecule has 1 saturated heterocycles. The number of imidazole rings is 1. The van der Waals surface area contributed by atoms with Gasteiger partial charge in [-0.15, -0.1) is 0 Å². The third-order valence-electron chi connectivity index (χ3n) is 3.75. The number of hydrogen-bond donors (Lipinski definition) is 1. The van der Waals surface area contributed by atoms with Crippen LogP contribution in [0.1, 0.15) is 12.7 Å². The Labute approximate surface area is 118 Å². The van der Waals surface area contributed by atoms with Crippen molar-refractivity contribution in [3.05, 3.63) is 29.0 Å². The first-order valence-corrected chi connectivity index (χ1v) is 7.08. The van der Waals surface area contributed by atoms with E-state index in [4.69, 9.17) is 16.6 Å². The van der Waals surface area contributed by atoms with E-state index >= 15 is 0 Å². The Bertz CT molecular complexity index is 592. The first-order valence-electron chi connectivity index (χ1n) is 6.70. The standard InChI is InChI=1S/C14H19ClN4/c1-10-8-19(6-5-16-10)9-14-17-12-7-11(15)3-4-13(12)18(14)2/h3-4,7,10,16H,5-6,8-9H2,1-2H3. The molecular weight excluding hydrogens is 260 g/mol. The van der Waals surface area contributed by atoms with Gasteiger partial charge in [-0.3, -0.25) is 4.90 Å². The van der Waals surface area contributed by atoms with Crippen molar-refractivity contribution in [2.24, 2.45) is 7.05 Å². The van der Waals surface area contributed by atoms with Crippen LogP contribution in [0.4, 0.5) is 0 Å². The van der Waals surface area contributed by atoms with Crippen molar-refractivity contribution in [1.29, 1.82) is 0 Å². The summed E-state index contributed by atoms with van der Waals surface area (Å²) in [4.78, 5) is 7.16. The quantitative estimate of drug-likeness (QED) is 0.912. The summed E-state index contributed by atoms with van der Waals surface area (Å²) in [5.41, 5.74) is 2.12. The van der Waals surface area contributed by atoms with E-state index in [1.54, 1.807) is 0 Å². The van der Waals surface area contributed by atoms with Crippen LogP contribution in [0.2, 0.25) is 5.02 Å². The molecule has 2 heterocycles. The van der Waals surface area contributed by atoms with E-state index in [1.807, 2.05) is 18.2 Å². The summed E-state index contributed by atoms with van der Waals surface area (Å²) in [5.74, 6) is 1.10.